The first-order valence-electron chi connectivity index (χ1n) is 6.97. The molecule has 0 spiro atoms. The predicted molar refractivity (Wildman–Crippen MR) is 82.4 cm³/mol. The van der Waals surface area contributed by atoms with Gasteiger partial charge < -0.3 is 20.1 Å². The SMILES string of the molecule is COc1cc(OC)cc(-n2nnnc2CN(C)C(=O)[C@@H](C)N)c1. The fraction of sp³-hybridized carbons (Fsp3) is 0.429. The minimum atomic E-state index is -0.582. The van der Waals surface area contributed by atoms with Crippen LogP contribution in [0.2, 0.25) is 0 Å². The third-order valence-electron chi connectivity index (χ3n) is 3.26. The summed E-state index contributed by atoms with van der Waals surface area (Å²) in [5, 5.41) is 11.6. The van der Waals surface area contributed by atoms with Gasteiger partial charge in [-0.2, -0.15) is 4.68 Å². The van der Waals surface area contributed by atoms with E-state index in [4.69, 9.17) is 15.2 Å². The number of rotatable bonds is 6. The van der Waals surface area contributed by atoms with Gasteiger partial charge in [-0.15, -0.1) is 5.10 Å². The van der Waals surface area contributed by atoms with Gasteiger partial charge in [0.1, 0.15) is 11.5 Å². The van der Waals surface area contributed by atoms with Crippen LogP contribution in [0, 0.1) is 0 Å². The summed E-state index contributed by atoms with van der Waals surface area (Å²) < 4.78 is 12.0. The molecule has 2 N–H and O–H groups in total. The normalized spacial score (nSPS) is 11.9. The van der Waals surface area contributed by atoms with E-state index in [-0.39, 0.29) is 12.5 Å². The van der Waals surface area contributed by atoms with Crippen LogP contribution in [0.25, 0.3) is 5.69 Å². The van der Waals surface area contributed by atoms with E-state index in [9.17, 15) is 4.79 Å². The third kappa shape index (κ3) is 3.75. The van der Waals surface area contributed by atoms with Gasteiger partial charge in [0.05, 0.1) is 32.5 Å². The molecule has 0 aliphatic heterocycles. The zero-order valence-corrected chi connectivity index (χ0v) is 13.6. The number of nitrogens with two attached hydrogens (primary N) is 1. The number of carbonyl (C=O) groups excluding carboxylic acids is 1. The smallest absolute Gasteiger partial charge is 0.239 e. The van der Waals surface area contributed by atoms with Gasteiger partial charge in [0.2, 0.25) is 5.91 Å². The summed E-state index contributed by atoms with van der Waals surface area (Å²) in [5.74, 6) is 1.53. The Bertz CT molecular complexity index is 663. The average molecular weight is 320 g/mol. The minimum absolute atomic E-state index is 0.192. The first kappa shape index (κ1) is 16.7. The van der Waals surface area contributed by atoms with Gasteiger partial charge in [-0.1, -0.05) is 0 Å². The zero-order valence-electron chi connectivity index (χ0n) is 13.6. The molecule has 1 atom stereocenters. The summed E-state index contributed by atoms with van der Waals surface area (Å²) in [7, 11) is 4.78. The van der Waals surface area contributed by atoms with Crippen LogP contribution in [0.15, 0.2) is 18.2 Å². The molecule has 0 saturated carbocycles. The Hall–Kier alpha value is -2.68. The lowest BCUT2D eigenvalue weighted by Gasteiger charge is -2.18. The topological polar surface area (TPSA) is 108 Å². The second kappa shape index (κ2) is 7.05. The number of benzene rings is 1. The molecule has 0 radical (unpaired) electrons. The lowest BCUT2D eigenvalue weighted by atomic mass is 10.2. The molecule has 124 valence electrons. The van der Waals surface area contributed by atoms with Gasteiger partial charge in [-0.25, -0.2) is 0 Å². The molecule has 0 aliphatic rings. The number of likely N-dealkylation sites (N-methyl/N-ethyl adjacent to an activating group) is 1. The van der Waals surface area contributed by atoms with Gasteiger partial charge in [-0.3, -0.25) is 4.79 Å². The van der Waals surface area contributed by atoms with E-state index >= 15 is 0 Å². The van der Waals surface area contributed by atoms with Crippen LogP contribution in [0.4, 0.5) is 0 Å². The van der Waals surface area contributed by atoms with E-state index < -0.39 is 6.04 Å². The molecule has 0 saturated heterocycles. The van der Waals surface area contributed by atoms with Crippen LogP contribution < -0.4 is 15.2 Å². The van der Waals surface area contributed by atoms with Crippen LogP contribution in [-0.4, -0.2) is 58.3 Å². The Kier molecular flexibility index (Phi) is 5.12. The highest BCUT2D eigenvalue weighted by molar-refractivity contribution is 5.80. The summed E-state index contributed by atoms with van der Waals surface area (Å²) in [6.07, 6.45) is 0. The summed E-state index contributed by atoms with van der Waals surface area (Å²) >= 11 is 0. The zero-order chi connectivity index (χ0) is 17.0. The largest absolute Gasteiger partial charge is 0.497 e. The van der Waals surface area contributed by atoms with Gasteiger partial charge in [0, 0.05) is 25.2 Å². The van der Waals surface area contributed by atoms with Gasteiger partial charge in [-0.05, 0) is 17.4 Å². The van der Waals surface area contributed by atoms with E-state index in [2.05, 4.69) is 15.5 Å². The van der Waals surface area contributed by atoms with Crippen molar-refractivity contribution in [3.63, 3.8) is 0 Å². The fourth-order valence-electron chi connectivity index (χ4n) is 2.06. The molecule has 1 aromatic carbocycles. The molecule has 0 fully saturated rings. The van der Waals surface area contributed by atoms with Crippen molar-refractivity contribution in [2.75, 3.05) is 21.3 Å². The first-order valence-corrected chi connectivity index (χ1v) is 6.97. The highest BCUT2D eigenvalue weighted by Crippen LogP contribution is 2.25. The maximum Gasteiger partial charge on any atom is 0.239 e. The molecule has 2 rings (SSSR count). The van der Waals surface area contributed by atoms with Crippen molar-refractivity contribution >= 4 is 5.91 Å². The molecule has 1 heterocycles. The summed E-state index contributed by atoms with van der Waals surface area (Å²) in [4.78, 5) is 13.4. The maximum atomic E-state index is 11.9. The van der Waals surface area contributed by atoms with Gasteiger partial charge in [0.15, 0.2) is 5.82 Å². The van der Waals surface area contributed by atoms with Crippen LogP contribution >= 0.6 is 0 Å². The Balaban J connectivity index is 2.32. The number of hydrogen-bond acceptors (Lipinski definition) is 7. The minimum Gasteiger partial charge on any atom is -0.497 e. The monoisotopic (exact) mass is 320 g/mol. The fourth-order valence-corrected chi connectivity index (χ4v) is 2.06. The second-order valence-electron chi connectivity index (χ2n) is 5.06. The molecule has 0 unspecified atom stereocenters. The van der Waals surface area contributed by atoms with Crippen molar-refractivity contribution in [1.29, 1.82) is 0 Å². The Morgan fingerprint density at radius 2 is 1.91 bits per heavy atom. The van der Waals surface area contributed by atoms with Crippen molar-refractivity contribution in [3.05, 3.63) is 24.0 Å². The molecular weight excluding hydrogens is 300 g/mol. The van der Waals surface area contributed by atoms with E-state index in [0.717, 1.165) is 0 Å². The molecule has 9 nitrogen and oxygen atoms in total. The lowest BCUT2D eigenvalue weighted by molar-refractivity contribution is -0.131. The number of methoxy groups -OCH3 is 2. The van der Waals surface area contributed by atoms with Crippen LogP contribution in [0.3, 0.4) is 0 Å². The number of amides is 1. The number of carbonyl (C=O) groups is 1. The van der Waals surface area contributed by atoms with Crippen molar-refractivity contribution in [1.82, 2.24) is 25.1 Å². The summed E-state index contributed by atoms with van der Waals surface area (Å²) in [6.45, 7) is 1.86. The van der Waals surface area contributed by atoms with Crippen molar-refractivity contribution < 1.29 is 14.3 Å². The van der Waals surface area contributed by atoms with Crippen LogP contribution in [0.5, 0.6) is 11.5 Å². The van der Waals surface area contributed by atoms with E-state index in [1.54, 1.807) is 46.4 Å². The standard InChI is InChI=1S/C14H20N6O3/c1-9(15)14(21)19(2)8-13-16-17-18-20(13)10-5-11(22-3)7-12(6-10)23-4/h5-7,9H,8,15H2,1-4H3/t9-/m1/s1. The number of hydrogen-bond donors (Lipinski definition) is 1. The van der Waals surface area contributed by atoms with Crippen LogP contribution in [0.1, 0.15) is 12.7 Å². The second-order valence-corrected chi connectivity index (χ2v) is 5.06. The summed E-state index contributed by atoms with van der Waals surface area (Å²) in [6, 6.07) is 4.71. The molecule has 1 amide bonds. The number of ether oxygens (including phenoxy) is 2. The molecule has 9 heteroatoms. The maximum absolute atomic E-state index is 11.9. The molecule has 2 aromatic rings. The Morgan fingerprint density at radius 1 is 1.30 bits per heavy atom. The average Bonchev–Trinajstić information content (AvgIpc) is 3.01. The highest BCUT2D eigenvalue weighted by Gasteiger charge is 2.18. The first-order chi connectivity index (χ1) is 11.0. The molecular formula is C14H20N6O3. The Labute approximate surface area is 134 Å². The predicted octanol–water partition coefficient (Wildman–Crippen LogP) is -0.0149. The number of nitrogens with zero attached hydrogens (tertiary/aromatic N) is 5. The van der Waals surface area contributed by atoms with E-state index in [1.165, 1.54) is 9.58 Å². The lowest BCUT2D eigenvalue weighted by Crippen LogP contribution is -2.39. The van der Waals surface area contributed by atoms with Crippen molar-refractivity contribution in [2.24, 2.45) is 5.73 Å². The van der Waals surface area contributed by atoms with Crippen molar-refractivity contribution in [3.8, 4) is 17.2 Å². The Morgan fingerprint density at radius 3 is 2.43 bits per heavy atom. The highest BCUT2D eigenvalue weighted by atomic mass is 16.5. The van der Waals surface area contributed by atoms with E-state index in [1.807, 2.05) is 0 Å². The van der Waals surface area contributed by atoms with Crippen molar-refractivity contribution in [2.45, 2.75) is 19.5 Å². The molecule has 1 aromatic heterocycles. The molecule has 0 bridgehead atoms. The number of aromatic nitrogens is 4. The van der Waals surface area contributed by atoms with E-state index in [0.29, 0.717) is 23.0 Å². The van der Waals surface area contributed by atoms with Gasteiger partial charge >= 0.3 is 0 Å². The molecule has 0 aliphatic carbocycles. The quantitative estimate of drug-likeness (QED) is 0.797. The summed E-state index contributed by atoms with van der Waals surface area (Å²) in [5.41, 5.74) is 6.28. The third-order valence-corrected chi connectivity index (χ3v) is 3.26. The number of tetrazole rings is 1. The van der Waals surface area contributed by atoms with Crippen LogP contribution in [-0.2, 0) is 11.3 Å². The van der Waals surface area contributed by atoms with Gasteiger partial charge in [0.25, 0.3) is 0 Å². The molecule has 23 heavy (non-hydrogen) atoms.